The molecule has 4 rings (SSSR count). The van der Waals surface area contributed by atoms with Crippen LogP contribution < -0.4 is 5.84 Å². The van der Waals surface area contributed by atoms with Crippen LogP contribution in [0.25, 0.3) is 11.0 Å². The highest BCUT2D eigenvalue weighted by Crippen LogP contribution is 2.25. The molecule has 7 nitrogen and oxygen atoms in total. The van der Waals surface area contributed by atoms with E-state index in [1.165, 1.54) is 6.07 Å². The fourth-order valence-electron chi connectivity index (χ4n) is 3.64. The second-order valence-corrected chi connectivity index (χ2v) is 11.1. The number of sulfonamides is 1. The van der Waals surface area contributed by atoms with Gasteiger partial charge in [-0.2, -0.15) is 4.41 Å². The van der Waals surface area contributed by atoms with Gasteiger partial charge in [0, 0.05) is 15.1 Å². The highest BCUT2D eigenvalue weighted by molar-refractivity contribution is 9.10. The molecule has 10 heteroatoms. The molecule has 1 aromatic heterocycles. The van der Waals surface area contributed by atoms with Gasteiger partial charge in [0.05, 0.1) is 23.3 Å². The van der Waals surface area contributed by atoms with Gasteiger partial charge in [-0.1, -0.05) is 63.9 Å². The first-order chi connectivity index (χ1) is 16.2. The van der Waals surface area contributed by atoms with Crippen LogP contribution in [0.5, 0.6) is 0 Å². The molecule has 0 fully saturated rings. The maximum absolute atomic E-state index is 13.0. The van der Waals surface area contributed by atoms with E-state index in [2.05, 4.69) is 20.9 Å². The Hall–Kier alpha value is -2.72. The summed E-state index contributed by atoms with van der Waals surface area (Å²) in [5.74, 6) is 5.44. The van der Waals surface area contributed by atoms with Crippen LogP contribution >= 0.6 is 27.5 Å². The number of halogens is 2. The largest absolute Gasteiger partial charge is 0.324 e. The molecule has 0 saturated heterocycles. The number of fused-ring (bicyclic) bond motifs is 1. The number of nitrogens with zero attached hydrogens (tertiary/aromatic N) is 3. The molecule has 0 atom stereocenters. The van der Waals surface area contributed by atoms with Crippen LogP contribution in [-0.4, -0.2) is 34.0 Å². The number of hydrazine groups is 1. The number of aryl methyl sites for hydroxylation is 2. The van der Waals surface area contributed by atoms with E-state index in [0.29, 0.717) is 27.0 Å². The molecule has 3 aromatic carbocycles. The predicted molar refractivity (Wildman–Crippen MR) is 137 cm³/mol. The van der Waals surface area contributed by atoms with E-state index in [1.807, 2.05) is 60.0 Å². The summed E-state index contributed by atoms with van der Waals surface area (Å²) in [5.41, 5.74) is 3.24. The van der Waals surface area contributed by atoms with E-state index in [1.54, 1.807) is 12.1 Å². The van der Waals surface area contributed by atoms with E-state index < -0.39 is 15.9 Å². The Labute approximate surface area is 211 Å². The van der Waals surface area contributed by atoms with Gasteiger partial charge in [0.1, 0.15) is 5.82 Å². The van der Waals surface area contributed by atoms with E-state index in [9.17, 15) is 13.2 Å². The first-order valence-corrected chi connectivity index (χ1v) is 13.2. The SMILES string of the molecule is Cc1nc2ccc(C(=O)N(N)S(=O)(=O)CCc3ccccc3)cc2n1Cc1ccc(Br)cc1Cl. The molecule has 0 radical (unpaired) electrons. The zero-order valence-electron chi connectivity index (χ0n) is 18.3. The van der Waals surface area contributed by atoms with Crippen LogP contribution in [-0.2, 0) is 23.0 Å². The van der Waals surface area contributed by atoms with E-state index >= 15 is 0 Å². The Morgan fingerprint density at radius 2 is 1.85 bits per heavy atom. The monoisotopic (exact) mass is 560 g/mol. The lowest BCUT2D eigenvalue weighted by atomic mass is 10.1. The summed E-state index contributed by atoms with van der Waals surface area (Å²) in [7, 11) is -4.01. The van der Waals surface area contributed by atoms with Gasteiger partial charge in [0.2, 0.25) is 0 Å². The normalized spacial score (nSPS) is 11.6. The van der Waals surface area contributed by atoms with Crippen molar-refractivity contribution in [2.45, 2.75) is 19.9 Å². The Balaban J connectivity index is 1.60. The topological polar surface area (TPSA) is 98.3 Å². The van der Waals surface area contributed by atoms with Gasteiger partial charge in [0.25, 0.3) is 15.9 Å². The highest BCUT2D eigenvalue weighted by Gasteiger charge is 2.26. The Bertz CT molecular complexity index is 1470. The number of hydrogen-bond acceptors (Lipinski definition) is 5. The van der Waals surface area contributed by atoms with Crippen molar-refractivity contribution in [1.29, 1.82) is 0 Å². The molecule has 0 spiro atoms. The van der Waals surface area contributed by atoms with Crippen LogP contribution in [0.4, 0.5) is 0 Å². The van der Waals surface area contributed by atoms with Gasteiger partial charge in [0.15, 0.2) is 0 Å². The number of carbonyl (C=O) groups excluding carboxylic acids is 1. The number of aromatic nitrogens is 2. The molecular weight excluding hydrogens is 540 g/mol. The van der Waals surface area contributed by atoms with Crippen LogP contribution in [0.2, 0.25) is 5.02 Å². The van der Waals surface area contributed by atoms with E-state index in [-0.39, 0.29) is 17.7 Å². The summed E-state index contributed by atoms with van der Waals surface area (Å²) >= 11 is 9.79. The minimum atomic E-state index is -4.01. The van der Waals surface area contributed by atoms with E-state index in [0.717, 1.165) is 21.4 Å². The van der Waals surface area contributed by atoms with Gasteiger partial charge >= 0.3 is 0 Å². The second-order valence-electron chi connectivity index (χ2n) is 7.84. The van der Waals surface area contributed by atoms with Crippen LogP contribution in [0.3, 0.4) is 0 Å². The lowest BCUT2D eigenvalue weighted by Gasteiger charge is -2.17. The van der Waals surface area contributed by atoms with Gasteiger partial charge in [-0.15, -0.1) is 0 Å². The van der Waals surface area contributed by atoms with Crippen molar-refractivity contribution in [3.8, 4) is 0 Å². The van der Waals surface area contributed by atoms with Crippen molar-refractivity contribution < 1.29 is 13.2 Å². The zero-order valence-corrected chi connectivity index (χ0v) is 21.4. The first kappa shape index (κ1) is 24.4. The smallest absolute Gasteiger partial charge is 0.281 e. The zero-order chi connectivity index (χ0) is 24.5. The molecule has 0 aliphatic heterocycles. The average molecular weight is 562 g/mol. The molecule has 0 saturated carbocycles. The van der Waals surface area contributed by atoms with Gasteiger partial charge < -0.3 is 4.57 Å². The standard InChI is InChI=1S/C24H22BrClN4O3S/c1-16-28-22-10-8-18(13-23(22)29(16)15-19-7-9-20(25)14-21(19)26)24(31)30(27)34(32,33)12-11-17-5-3-2-4-6-17/h2-10,13-14H,11-12,15,27H2,1H3. The molecule has 0 unspecified atom stereocenters. The maximum atomic E-state index is 13.0. The molecule has 4 aromatic rings. The van der Waals surface area contributed by atoms with Crippen molar-refractivity contribution in [3.05, 3.63) is 98.7 Å². The summed E-state index contributed by atoms with van der Waals surface area (Å²) in [5, 5.41) is 0.598. The molecule has 0 aliphatic rings. The van der Waals surface area contributed by atoms with Crippen molar-refractivity contribution in [2.24, 2.45) is 5.84 Å². The third kappa shape index (κ3) is 5.17. The summed E-state index contributed by atoms with van der Waals surface area (Å²) < 4.78 is 28.5. The van der Waals surface area contributed by atoms with Crippen LogP contribution in [0, 0.1) is 6.92 Å². The first-order valence-electron chi connectivity index (χ1n) is 10.4. The van der Waals surface area contributed by atoms with E-state index in [4.69, 9.17) is 17.4 Å². The minimum Gasteiger partial charge on any atom is -0.324 e. The van der Waals surface area contributed by atoms with Crippen molar-refractivity contribution in [1.82, 2.24) is 14.0 Å². The number of nitrogens with two attached hydrogens (primary N) is 1. The molecule has 0 bridgehead atoms. The fraction of sp³-hybridized carbons (Fsp3) is 0.167. The molecule has 2 N–H and O–H groups in total. The molecule has 0 aliphatic carbocycles. The molecule has 1 heterocycles. The number of carbonyl (C=O) groups is 1. The van der Waals surface area contributed by atoms with Gasteiger partial charge in [-0.25, -0.2) is 19.2 Å². The van der Waals surface area contributed by atoms with Crippen molar-refractivity contribution in [2.75, 3.05) is 5.75 Å². The van der Waals surface area contributed by atoms with Crippen molar-refractivity contribution in [3.63, 3.8) is 0 Å². The Morgan fingerprint density at radius 3 is 2.56 bits per heavy atom. The number of rotatable bonds is 7. The van der Waals surface area contributed by atoms with Gasteiger partial charge in [-0.05, 0) is 54.8 Å². The highest BCUT2D eigenvalue weighted by atomic mass is 79.9. The molecule has 1 amide bonds. The second kappa shape index (κ2) is 9.87. The lowest BCUT2D eigenvalue weighted by Crippen LogP contribution is -2.44. The number of imidazole rings is 1. The Morgan fingerprint density at radius 1 is 1.12 bits per heavy atom. The lowest BCUT2D eigenvalue weighted by molar-refractivity contribution is 0.0861. The maximum Gasteiger partial charge on any atom is 0.281 e. The number of hydrogen-bond donors (Lipinski definition) is 1. The van der Waals surface area contributed by atoms with Crippen LogP contribution in [0.15, 0.2) is 71.2 Å². The number of amides is 1. The fourth-order valence-corrected chi connectivity index (χ4v) is 5.42. The molecule has 176 valence electrons. The summed E-state index contributed by atoms with van der Waals surface area (Å²) in [4.78, 5) is 17.5. The minimum absolute atomic E-state index is 0.154. The Kier molecular flexibility index (Phi) is 7.09. The van der Waals surface area contributed by atoms with Crippen LogP contribution in [0.1, 0.15) is 27.3 Å². The molecular formula is C24H22BrClN4O3S. The van der Waals surface area contributed by atoms with Crippen molar-refractivity contribution >= 4 is 54.5 Å². The summed E-state index contributed by atoms with van der Waals surface area (Å²) in [6.07, 6.45) is 0.253. The average Bonchev–Trinajstić information content (AvgIpc) is 3.13. The molecule has 34 heavy (non-hydrogen) atoms. The van der Waals surface area contributed by atoms with Gasteiger partial charge in [-0.3, -0.25) is 4.79 Å². The summed E-state index contributed by atoms with van der Waals surface area (Å²) in [6, 6.07) is 19.6. The quantitative estimate of drug-likeness (QED) is 0.200. The third-order valence-corrected chi connectivity index (χ3v) is 7.85. The number of benzene rings is 3. The summed E-state index contributed by atoms with van der Waals surface area (Å²) in [6.45, 7) is 2.30. The third-order valence-electron chi connectivity index (χ3n) is 5.52. The predicted octanol–water partition coefficient (Wildman–Crippen LogP) is 4.70.